The SMILES string of the molecule is O=C(NC1CCc2n[nH]c(=O)n2CC1)C12CC3CC(CC(C3)C1)C2. The third kappa shape index (κ3) is 2.25. The van der Waals surface area contributed by atoms with Gasteiger partial charge in [-0.1, -0.05) is 0 Å². The van der Waals surface area contributed by atoms with Crippen molar-refractivity contribution in [3.05, 3.63) is 16.3 Å². The average Bonchev–Trinajstić information content (AvgIpc) is 2.76. The second-order valence-corrected chi connectivity index (χ2v) is 8.79. The molecule has 0 spiro atoms. The summed E-state index contributed by atoms with van der Waals surface area (Å²) < 4.78 is 1.72. The highest BCUT2D eigenvalue weighted by Gasteiger charge is 2.54. The maximum atomic E-state index is 13.2. The molecule has 1 aromatic rings. The van der Waals surface area contributed by atoms with Crippen LogP contribution in [0.4, 0.5) is 0 Å². The van der Waals surface area contributed by atoms with Crippen LogP contribution in [-0.2, 0) is 17.8 Å². The number of aromatic amines is 1. The Bertz CT molecular complexity index is 684. The predicted molar refractivity (Wildman–Crippen MR) is 88.3 cm³/mol. The van der Waals surface area contributed by atoms with Crippen LogP contribution in [0.3, 0.4) is 0 Å². The summed E-state index contributed by atoms with van der Waals surface area (Å²) in [6.45, 7) is 0.649. The standard InChI is InChI=1S/C18H26N4O2/c23-16(18-8-11-5-12(9-18)7-13(6-11)10-18)19-14-1-2-15-20-21-17(24)22(15)4-3-14/h11-14H,1-10H2,(H,19,23)(H,21,24). The highest BCUT2D eigenvalue weighted by Crippen LogP contribution is 2.60. The molecule has 1 aliphatic heterocycles. The molecule has 0 saturated heterocycles. The number of hydrogen-bond donors (Lipinski definition) is 2. The van der Waals surface area contributed by atoms with Gasteiger partial charge in [-0.25, -0.2) is 9.89 Å². The van der Waals surface area contributed by atoms with E-state index in [9.17, 15) is 9.59 Å². The first-order chi connectivity index (χ1) is 11.6. The van der Waals surface area contributed by atoms with Gasteiger partial charge in [0, 0.05) is 24.4 Å². The summed E-state index contributed by atoms with van der Waals surface area (Å²) in [6, 6.07) is 0.173. The summed E-state index contributed by atoms with van der Waals surface area (Å²) >= 11 is 0. The quantitative estimate of drug-likeness (QED) is 0.864. The first kappa shape index (κ1) is 14.7. The van der Waals surface area contributed by atoms with Crippen LogP contribution in [0.15, 0.2) is 4.79 Å². The third-order valence-corrected chi connectivity index (χ3v) is 7.11. The number of fused-ring (bicyclic) bond motifs is 1. The summed E-state index contributed by atoms with van der Waals surface area (Å²) in [6.07, 6.45) is 9.87. The first-order valence-corrected chi connectivity index (χ1v) is 9.56. The van der Waals surface area contributed by atoms with Crippen LogP contribution in [0.1, 0.15) is 57.2 Å². The van der Waals surface area contributed by atoms with Gasteiger partial charge in [0.25, 0.3) is 0 Å². The molecule has 0 radical (unpaired) electrons. The molecule has 1 amide bonds. The zero-order valence-corrected chi connectivity index (χ0v) is 14.1. The van der Waals surface area contributed by atoms with Gasteiger partial charge in [0.15, 0.2) is 0 Å². The molecular weight excluding hydrogens is 304 g/mol. The minimum Gasteiger partial charge on any atom is -0.353 e. The van der Waals surface area contributed by atoms with Crippen molar-refractivity contribution in [1.82, 2.24) is 20.1 Å². The Balaban J connectivity index is 1.28. The summed E-state index contributed by atoms with van der Waals surface area (Å²) in [7, 11) is 0. The molecule has 4 fully saturated rings. The van der Waals surface area contributed by atoms with Gasteiger partial charge in [-0.2, -0.15) is 5.10 Å². The smallest absolute Gasteiger partial charge is 0.343 e. The number of amides is 1. The van der Waals surface area contributed by atoms with Crippen molar-refractivity contribution in [2.45, 2.75) is 70.4 Å². The second-order valence-electron chi connectivity index (χ2n) is 8.79. The summed E-state index contributed by atoms with van der Waals surface area (Å²) in [5.41, 5.74) is -0.204. The van der Waals surface area contributed by atoms with Gasteiger partial charge in [-0.05, 0) is 69.1 Å². The van der Waals surface area contributed by atoms with Crippen molar-refractivity contribution < 1.29 is 4.79 Å². The number of carbonyl (C=O) groups is 1. The Morgan fingerprint density at radius 1 is 1.12 bits per heavy atom. The topological polar surface area (TPSA) is 79.8 Å². The molecule has 24 heavy (non-hydrogen) atoms. The zero-order valence-electron chi connectivity index (χ0n) is 14.1. The molecule has 2 heterocycles. The van der Waals surface area contributed by atoms with Crippen LogP contribution < -0.4 is 11.0 Å². The summed E-state index contributed by atoms with van der Waals surface area (Å²) in [5.74, 6) is 3.51. The van der Waals surface area contributed by atoms with Gasteiger partial charge in [0.1, 0.15) is 5.82 Å². The highest BCUT2D eigenvalue weighted by atomic mass is 16.2. The Kier molecular flexibility index (Phi) is 3.19. The predicted octanol–water partition coefficient (Wildman–Crippen LogP) is 1.61. The molecule has 4 saturated carbocycles. The van der Waals surface area contributed by atoms with E-state index in [-0.39, 0.29) is 17.1 Å². The molecule has 130 valence electrons. The van der Waals surface area contributed by atoms with Crippen LogP contribution in [0.25, 0.3) is 0 Å². The van der Waals surface area contributed by atoms with Crippen molar-refractivity contribution in [2.75, 3.05) is 0 Å². The lowest BCUT2D eigenvalue weighted by Gasteiger charge is -2.55. The molecule has 4 aliphatic carbocycles. The molecule has 6 heteroatoms. The molecule has 6 rings (SSSR count). The Hall–Kier alpha value is -1.59. The highest BCUT2D eigenvalue weighted by molar-refractivity contribution is 5.83. The van der Waals surface area contributed by atoms with Crippen LogP contribution >= 0.6 is 0 Å². The van der Waals surface area contributed by atoms with Gasteiger partial charge >= 0.3 is 5.69 Å². The van der Waals surface area contributed by atoms with Crippen molar-refractivity contribution >= 4 is 5.91 Å². The van der Waals surface area contributed by atoms with E-state index in [0.717, 1.165) is 62.1 Å². The monoisotopic (exact) mass is 330 g/mol. The van der Waals surface area contributed by atoms with E-state index in [1.54, 1.807) is 4.57 Å². The molecule has 1 aromatic heterocycles. The van der Waals surface area contributed by atoms with Crippen LogP contribution in [-0.4, -0.2) is 26.7 Å². The molecule has 0 aromatic carbocycles. The lowest BCUT2D eigenvalue weighted by molar-refractivity contribution is -0.147. The van der Waals surface area contributed by atoms with E-state index in [1.807, 2.05) is 0 Å². The molecular formula is C18H26N4O2. The average molecular weight is 330 g/mol. The number of carbonyl (C=O) groups excluding carboxylic acids is 1. The van der Waals surface area contributed by atoms with E-state index in [4.69, 9.17) is 0 Å². The van der Waals surface area contributed by atoms with Crippen LogP contribution in [0, 0.1) is 23.2 Å². The minimum atomic E-state index is -0.127. The fraction of sp³-hybridized carbons (Fsp3) is 0.833. The van der Waals surface area contributed by atoms with E-state index in [2.05, 4.69) is 15.5 Å². The molecule has 6 nitrogen and oxygen atoms in total. The number of aromatic nitrogens is 3. The Morgan fingerprint density at radius 2 is 1.79 bits per heavy atom. The maximum Gasteiger partial charge on any atom is 0.343 e. The largest absolute Gasteiger partial charge is 0.353 e. The third-order valence-electron chi connectivity index (χ3n) is 7.11. The number of aryl methyl sites for hydroxylation is 1. The van der Waals surface area contributed by atoms with Gasteiger partial charge in [-0.15, -0.1) is 0 Å². The van der Waals surface area contributed by atoms with E-state index < -0.39 is 0 Å². The lowest BCUT2D eigenvalue weighted by atomic mass is 9.49. The van der Waals surface area contributed by atoms with E-state index in [1.165, 1.54) is 19.3 Å². The van der Waals surface area contributed by atoms with Gasteiger partial charge in [0.2, 0.25) is 5.91 Å². The van der Waals surface area contributed by atoms with Crippen LogP contribution in [0.2, 0.25) is 0 Å². The number of H-pyrrole nitrogens is 1. The fourth-order valence-electron chi connectivity index (χ4n) is 6.38. The fourth-order valence-corrected chi connectivity index (χ4v) is 6.38. The van der Waals surface area contributed by atoms with Gasteiger partial charge in [0.05, 0.1) is 0 Å². The maximum absolute atomic E-state index is 13.2. The molecule has 4 bridgehead atoms. The lowest BCUT2D eigenvalue weighted by Crippen LogP contribution is -2.55. The number of nitrogens with zero attached hydrogens (tertiary/aromatic N) is 2. The molecule has 2 N–H and O–H groups in total. The minimum absolute atomic E-state index is 0.0773. The Morgan fingerprint density at radius 3 is 2.46 bits per heavy atom. The Labute approximate surface area is 141 Å². The molecule has 1 unspecified atom stereocenters. The van der Waals surface area contributed by atoms with E-state index >= 15 is 0 Å². The molecule has 5 aliphatic rings. The van der Waals surface area contributed by atoms with Gasteiger partial charge in [-0.3, -0.25) is 9.36 Å². The van der Waals surface area contributed by atoms with Crippen molar-refractivity contribution in [2.24, 2.45) is 23.2 Å². The van der Waals surface area contributed by atoms with Gasteiger partial charge < -0.3 is 5.32 Å². The normalized spacial score (nSPS) is 40.2. The second kappa shape index (κ2) is 5.20. The molecule has 1 atom stereocenters. The zero-order chi connectivity index (χ0) is 16.3. The summed E-state index contributed by atoms with van der Waals surface area (Å²) in [5, 5.41) is 9.99. The first-order valence-electron chi connectivity index (χ1n) is 9.56. The number of rotatable bonds is 2. The van der Waals surface area contributed by atoms with Crippen molar-refractivity contribution in [1.29, 1.82) is 0 Å². The summed E-state index contributed by atoms with van der Waals surface area (Å²) in [4.78, 5) is 24.9. The van der Waals surface area contributed by atoms with Crippen molar-refractivity contribution in [3.63, 3.8) is 0 Å². The van der Waals surface area contributed by atoms with Crippen molar-refractivity contribution in [3.8, 4) is 0 Å². The van der Waals surface area contributed by atoms with E-state index in [0.29, 0.717) is 12.5 Å². The number of nitrogens with one attached hydrogen (secondary N) is 2. The number of hydrogen-bond acceptors (Lipinski definition) is 3. The van der Waals surface area contributed by atoms with Crippen LogP contribution in [0.5, 0.6) is 0 Å².